The predicted molar refractivity (Wildman–Crippen MR) is 93.3 cm³/mol. The molecule has 2 N–H and O–H groups in total. The average Bonchev–Trinajstić information content (AvgIpc) is 2.65. The molecule has 2 aromatic rings. The van der Waals surface area contributed by atoms with Gasteiger partial charge in [-0.3, -0.25) is 14.4 Å². The summed E-state index contributed by atoms with van der Waals surface area (Å²) in [6, 6.07) is 11.1. The smallest absolute Gasteiger partial charge is 0.260 e. The molecule has 2 aromatic carbocycles. The van der Waals surface area contributed by atoms with Crippen LogP contribution in [-0.2, 0) is 9.59 Å². The summed E-state index contributed by atoms with van der Waals surface area (Å²) < 4.78 is 5.61. The van der Waals surface area contributed by atoms with Crippen molar-refractivity contribution >= 4 is 28.9 Å². The van der Waals surface area contributed by atoms with Gasteiger partial charge in [0, 0.05) is 19.0 Å². The lowest BCUT2D eigenvalue weighted by molar-refractivity contribution is -0.136. The molecule has 0 atom stereocenters. The lowest BCUT2D eigenvalue weighted by Gasteiger charge is -2.30. The maximum absolute atomic E-state index is 12.3. The Morgan fingerprint density at radius 1 is 1.16 bits per heavy atom. The number of hydrogen-bond acceptors (Lipinski definition) is 4. The molecule has 6 heteroatoms. The number of primary amides is 1. The van der Waals surface area contributed by atoms with Crippen molar-refractivity contribution in [2.45, 2.75) is 12.8 Å². The van der Waals surface area contributed by atoms with Crippen LogP contribution in [0.4, 0.5) is 0 Å². The predicted octanol–water partition coefficient (Wildman–Crippen LogP) is 1.75. The maximum Gasteiger partial charge on any atom is 0.260 e. The lowest BCUT2D eigenvalue weighted by Crippen LogP contribution is -2.43. The van der Waals surface area contributed by atoms with Gasteiger partial charge in [0.2, 0.25) is 5.91 Å². The fourth-order valence-corrected chi connectivity index (χ4v) is 3.17. The second-order valence-corrected chi connectivity index (χ2v) is 6.16. The van der Waals surface area contributed by atoms with E-state index in [1.54, 1.807) is 11.0 Å². The van der Waals surface area contributed by atoms with Gasteiger partial charge in [0.15, 0.2) is 12.9 Å². The summed E-state index contributed by atoms with van der Waals surface area (Å²) in [6.45, 7) is 0.850. The third kappa shape index (κ3) is 3.63. The number of carbonyl (C=O) groups is 3. The van der Waals surface area contributed by atoms with Crippen LogP contribution >= 0.6 is 0 Å². The highest BCUT2D eigenvalue weighted by molar-refractivity contribution is 6.00. The van der Waals surface area contributed by atoms with E-state index in [4.69, 9.17) is 10.5 Å². The highest BCUT2D eigenvalue weighted by Gasteiger charge is 2.26. The summed E-state index contributed by atoms with van der Waals surface area (Å²) >= 11 is 0. The van der Waals surface area contributed by atoms with Crippen LogP contribution < -0.4 is 10.5 Å². The van der Waals surface area contributed by atoms with Crippen molar-refractivity contribution < 1.29 is 19.1 Å². The summed E-state index contributed by atoms with van der Waals surface area (Å²) in [4.78, 5) is 36.6. The SMILES string of the molecule is NC(=O)C1CCN(C(=O)COc2ccc3ccccc3c2C=O)CC1. The second-order valence-electron chi connectivity index (χ2n) is 6.16. The first kappa shape index (κ1) is 17.0. The number of fused-ring (bicyclic) bond motifs is 1. The first-order valence-corrected chi connectivity index (χ1v) is 8.27. The second kappa shape index (κ2) is 7.34. The molecule has 3 rings (SSSR count). The molecule has 0 radical (unpaired) electrons. The van der Waals surface area contributed by atoms with Gasteiger partial charge in [0.25, 0.3) is 5.91 Å². The molecule has 130 valence electrons. The zero-order valence-electron chi connectivity index (χ0n) is 13.8. The summed E-state index contributed by atoms with van der Waals surface area (Å²) in [6.07, 6.45) is 1.91. The van der Waals surface area contributed by atoms with E-state index in [2.05, 4.69) is 0 Å². The Kier molecular flexibility index (Phi) is 4.97. The number of rotatable bonds is 5. The van der Waals surface area contributed by atoms with Crippen molar-refractivity contribution in [3.63, 3.8) is 0 Å². The van der Waals surface area contributed by atoms with Crippen LogP contribution in [-0.4, -0.2) is 42.7 Å². The molecule has 25 heavy (non-hydrogen) atoms. The van der Waals surface area contributed by atoms with Gasteiger partial charge >= 0.3 is 0 Å². The molecular weight excluding hydrogens is 320 g/mol. The number of likely N-dealkylation sites (tertiary alicyclic amines) is 1. The van der Waals surface area contributed by atoms with E-state index in [0.717, 1.165) is 17.1 Å². The minimum absolute atomic E-state index is 0.138. The van der Waals surface area contributed by atoms with Crippen LogP contribution in [0.25, 0.3) is 10.8 Å². The van der Waals surface area contributed by atoms with E-state index >= 15 is 0 Å². The first-order chi connectivity index (χ1) is 12.1. The van der Waals surface area contributed by atoms with E-state index in [1.807, 2.05) is 30.3 Å². The Morgan fingerprint density at radius 2 is 1.88 bits per heavy atom. The molecule has 0 aromatic heterocycles. The fourth-order valence-electron chi connectivity index (χ4n) is 3.17. The summed E-state index contributed by atoms with van der Waals surface area (Å²) in [5, 5.41) is 1.74. The van der Waals surface area contributed by atoms with Crippen molar-refractivity contribution in [3.05, 3.63) is 42.0 Å². The summed E-state index contributed by atoms with van der Waals surface area (Å²) in [7, 11) is 0. The molecule has 0 spiro atoms. The number of benzene rings is 2. The van der Waals surface area contributed by atoms with Crippen molar-refractivity contribution in [2.75, 3.05) is 19.7 Å². The molecule has 0 aliphatic carbocycles. The molecule has 2 amide bonds. The Morgan fingerprint density at radius 3 is 2.56 bits per heavy atom. The number of hydrogen-bond donors (Lipinski definition) is 1. The summed E-state index contributed by atoms with van der Waals surface area (Å²) in [5.74, 6) is -0.232. The molecule has 1 aliphatic heterocycles. The van der Waals surface area contributed by atoms with Crippen LogP contribution in [0.3, 0.4) is 0 Å². The molecular formula is C19H20N2O4. The van der Waals surface area contributed by atoms with Crippen molar-refractivity contribution in [1.29, 1.82) is 0 Å². The maximum atomic E-state index is 12.3. The highest BCUT2D eigenvalue weighted by Crippen LogP contribution is 2.26. The number of piperidine rings is 1. The topological polar surface area (TPSA) is 89.7 Å². The van der Waals surface area contributed by atoms with E-state index < -0.39 is 0 Å². The fraction of sp³-hybridized carbons (Fsp3) is 0.316. The van der Waals surface area contributed by atoms with Crippen LogP contribution in [0.1, 0.15) is 23.2 Å². The van der Waals surface area contributed by atoms with Gasteiger partial charge in [-0.15, -0.1) is 0 Å². The monoisotopic (exact) mass is 340 g/mol. The Labute approximate surface area is 145 Å². The van der Waals surface area contributed by atoms with Crippen LogP contribution in [0.5, 0.6) is 5.75 Å². The van der Waals surface area contributed by atoms with Gasteiger partial charge in [-0.2, -0.15) is 0 Å². The lowest BCUT2D eigenvalue weighted by atomic mass is 9.96. The van der Waals surface area contributed by atoms with Gasteiger partial charge in [-0.05, 0) is 29.7 Å². The normalized spacial score (nSPS) is 15.1. The number of nitrogens with two attached hydrogens (primary N) is 1. The van der Waals surface area contributed by atoms with Gasteiger partial charge in [0.1, 0.15) is 5.75 Å². The van der Waals surface area contributed by atoms with Gasteiger partial charge in [-0.25, -0.2) is 0 Å². The third-order valence-electron chi connectivity index (χ3n) is 4.65. The third-order valence-corrected chi connectivity index (χ3v) is 4.65. The number of aldehydes is 1. The Balaban J connectivity index is 1.66. The van der Waals surface area contributed by atoms with Crippen molar-refractivity contribution in [2.24, 2.45) is 11.7 Å². The molecule has 1 saturated heterocycles. The largest absolute Gasteiger partial charge is 0.483 e. The van der Waals surface area contributed by atoms with Gasteiger partial charge in [0.05, 0.1) is 5.56 Å². The van der Waals surface area contributed by atoms with Crippen molar-refractivity contribution in [3.8, 4) is 5.75 Å². The minimum Gasteiger partial charge on any atom is -0.483 e. The van der Waals surface area contributed by atoms with E-state index in [-0.39, 0.29) is 24.3 Å². The molecule has 1 fully saturated rings. The van der Waals surface area contributed by atoms with E-state index in [1.165, 1.54) is 0 Å². The molecule has 6 nitrogen and oxygen atoms in total. The van der Waals surface area contributed by atoms with Crippen LogP contribution in [0, 0.1) is 5.92 Å². The zero-order valence-corrected chi connectivity index (χ0v) is 13.8. The van der Waals surface area contributed by atoms with Crippen LogP contribution in [0.15, 0.2) is 36.4 Å². The highest BCUT2D eigenvalue weighted by atomic mass is 16.5. The summed E-state index contributed by atoms with van der Waals surface area (Å²) in [5.41, 5.74) is 5.74. The van der Waals surface area contributed by atoms with Crippen molar-refractivity contribution in [1.82, 2.24) is 4.90 Å². The first-order valence-electron chi connectivity index (χ1n) is 8.27. The minimum atomic E-state index is -0.310. The molecule has 0 bridgehead atoms. The molecule has 1 aliphatic rings. The quantitative estimate of drug-likeness (QED) is 0.840. The average molecular weight is 340 g/mol. The van der Waals surface area contributed by atoms with Crippen LogP contribution in [0.2, 0.25) is 0 Å². The number of carbonyl (C=O) groups excluding carboxylic acids is 3. The number of amides is 2. The number of ether oxygens (including phenoxy) is 1. The molecule has 0 unspecified atom stereocenters. The molecule has 0 saturated carbocycles. The number of nitrogens with zero attached hydrogens (tertiary/aromatic N) is 1. The van der Waals surface area contributed by atoms with E-state index in [0.29, 0.717) is 37.2 Å². The van der Waals surface area contributed by atoms with Gasteiger partial charge < -0.3 is 15.4 Å². The van der Waals surface area contributed by atoms with Gasteiger partial charge in [-0.1, -0.05) is 30.3 Å². The molecule has 1 heterocycles. The Bertz CT molecular complexity index is 810. The zero-order chi connectivity index (χ0) is 17.8. The van der Waals surface area contributed by atoms with E-state index in [9.17, 15) is 14.4 Å². The standard InChI is InChI=1S/C19H20N2O4/c20-19(24)14-7-9-21(10-8-14)18(23)12-25-17-6-5-13-3-1-2-4-15(13)16(17)11-22/h1-6,11,14H,7-10,12H2,(H2,20,24). The Hall–Kier alpha value is -2.89.